The van der Waals surface area contributed by atoms with Gasteiger partial charge in [0.2, 0.25) is 0 Å². The molecule has 0 unspecified atom stereocenters. The van der Waals surface area contributed by atoms with E-state index < -0.39 is 0 Å². The van der Waals surface area contributed by atoms with Gasteiger partial charge in [0, 0.05) is 22.3 Å². The van der Waals surface area contributed by atoms with Crippen LogP contribution in [0.2, 0.25) is 0 Å². The number of para-hydroxylation sites is 1. The van der Waals surface area contributed by atoms with E-state index in [1.807, 2.05) is 60.7 Å². The third-order valence-electron chi connectivity index (χ3n) is 4.27. The fourth-order valence-electron chi connectivity index (χ4n) is 2.92. The Labute approximate surface area is 157 Å². The second-order valence-corrected chi connectivity index (χ2v) is 5.93. The molecule has 0 aliphatic rings. The number of nitrogens with zero attached hydrogens (tertiary/aromatic N) is 3. The van der Waals surface area contributed by atoms with Crippen LogP contribution >= 0.6 is 0 Å². The van der Waals surface area contributed by atoms with Crippen molar-refractivity contribution >= 4 is 0 Å². The van der Waals surface area contributed by atoms with Gasteiger partial charge in [0.1, 0.15) is 17.8 Å². The minimum Gasteiger partial charge on any atom is -0.507 e. The van der Waals surface area contributed by atoms with E-state index in [4.69, 9.17) is 4.74 Å². The summed E-state index contributed by atoms with van der Waals surface area (Å²) in [5.41, 5.74) is 3.18. The average molecular weight is 355 g/mol. The number of hydrogen-bond acceptors (Lipinski definition) is 5. The maximum absolute atomic E-state index is 10.3. The van der Waals surface area contributed by atoms with Crippen molar-refractivity contribution in [2.24, 2.45) is 0 Å². The van der Waals surface area contributed by atoms with E-state index in [9.17, 15) is 5.11 Å². The number of methoxy groups -OCH3 is 1. The SMILES string of the molecule is COc1ccc(-c2ncnc(-c3ccccc3)n2)c(-c2ccccc2O)c1. The number of aromatic nitrogens is 3. The molecule has 27 heavy (non-hydrogen) atoms. The molecular formula is C22H17N3O2. The van der Waals surface area contributed by atoms with Gasteiger partial charge in [-0.2, -0.15) is 0 Å². The molecule has 0 atom stereocenters. The Balaban J connectivity index is 1.89. The van der Waals surface area contributed by atoms with E-state index >= 15 is 0 Å². The molecule has 0 amide bonds. The van der Waals surface area contributed by atoms with E-state index in [0.717, 1.165) is 16.7 Å². The zero-order chi connectivity index (χ0) is 18.6. The minimum atomic E-state index is 0.185. The summed E-state index contributed by atoms with van der Waals surface area (Å²) >= 11 is 0. The van der Waals surface area contributed by atoms with Gasteiger partial charge in [-0.3, -0.25) is 0 Å². The first-order valence-corrected chi connectivity index (χ1v) is 8.47. The molecule has 5 nitrogen and oxygen atoms in total. The van der Waals surface area contributed by atoms with Crippen molar-refractivity contribution < 1.29 is 9.84 Å². The van der Waals surface area contributed by atoms with Gasteiger partial charge in [0.05, 0.1) is 7.11 Å². The highest BCUT2D eigenvalue weighted by Crippen LogP contribution is 2.37. The number of hydrogen-bond donors (Lipinski definition) is 1. The lowest BCUT2D eigenvalue weighted by atomic mass is 9.98. The van der Waals surface area contributed by atoms with Crippen LogP contribution in [0.1, 0.15) is 0 Å². The highest BCUT2D eigenvalue weighted by Gasteiger charge is 2.15. The van der Waals surface area contributed by atoms with E-state index in [1.54, 1.807) is 19.2 Å². The van der Waals surface area contributed by atoms with Crippen molar-refractivity contribution in [1.29, 1.82) is 0 Å². The molecule has 0 spiro atoms. The Kier molecular flexibility index (Phi) is 4.49. The smallest absolute Gasteiger partial charge is 0.164 e. The van der Waals surface area contributed by atoms with Crippen molar-refractivity contribution in [1.82, 2.24) is 15.0 Å². The summed E-state index contributed by atoms with van der Waals surface area (Å²) in [6, 6.07) is 22.5. The Morgan fingerprint density at radius 3 is 2.26 bits per heavy atom. The molecule has 1 heterocycles. The number of ether oxygens (including phenoxy) is 1. The Morgan fingerprint density at radius 2 is 1.48 bits per heavy atom. The van der Waals surface area contributed by atoms with E-state index in [0.29, 0.717) is 23.0 Å². The standard InChI is InChI=1S/C22H17N3O2/c1-27-16-11-12-18(19(13-16)17-9-5-6-10-20(17)26)22-24-14-23-21(25-22)15-7-3-2-4-8-15/h2-14,26H,1H3. The van der Waals surface area contributed by atoms with Crippen LogP contribution in [0.15, 0.2) is 79.1 Å². The van der Waals surface area contributed by atoms with E-state index in [1.165, 1.54) is 6.33 Å². The third kappa shape index (κ3) is 3.35. The molecule has 4 rings (SSSR count). The average Bonchev–Trinajstić information content (AvgIpc) is 2.74. The highest BCUT2D eigenvalue weighted by atomic mass is 16.5. The normalized spacial score (nSPS) is 10.6. The van der Waals surface area contributed by atoms with Crippen LogP contribution in [-0.2, 0) is 0 Å². The number of aromatic hydroxyl groups is 1. The molecule has 1 aromatic heterocycles. The van der Waals surface area contributed by atoms with E-state index in [-0.39, 0.29) is 5.75 Å². The van der Waals surface area contributed by atoms with Gasteiger partial charge in [-0.05, 0) is 24.3 Å². The molecule has 5 heteroatoms. The summed E-state index contributed by atoms with van der Waals surface area (Å²) in [4.78, 5) is 13.3. The number of phenols is 1. The van der Waals surface area contributed by atoms with Crippen LogP contribution in [0.5, 0.6) is 11.5 Å². The fourth-order valence-corrected chi connectivity index (χ4v) is 2.92. The molecule has 1 N–H and O–H groups in total. The first-order chi connectivity index (χ1) is 13.3. The van der Waals surface area contributed by atoms with Crippen LogP contribution in [0.4, 0.5) is 0 Å². The zero-order valence-electron chi connectivity index (χ0n) is 14.7. The molecule has 0 saturated carbocycles. The van der Waals surface area contributed by atoms with Crippen molar-refractivity contribution in [3.8, 4) is 45.4 Å². The molecule has 0 radical (unpaired) electrons. The van der Waals surface area contributed by atoms with Gasteiger partial charge >= 0.3 is 0 Å². The molecule has 0 bridgehead atoms. The largest absolute Gasteiger partial charge is 0.507 e. The highest BCUT2D eigenvalue weighted by molar-refractivity contribution is 5.84. The van der Waals surface area contributed by atoms with E-state index in [2.05, 4.69) is 15.0 Å². The number of phenolic OH excluding ortho intramolecular Hbond substituents is 1. The maximum atomic E-state index is 10.3. The third-order valence-corrected chi connectivity index (χ3v) is 4.27. The molecular weight excluding hydrogens is 338 g/mol. The summed E-state index contributed by atoms with van der Waals surface area (Å²) in [5, 5.41) is 10.3. The van der Waals surface area contributed by atoms with Crippen LogP contribution in [-0.4, -0.2) is 27.2 Å². The summed E-state index contributed by atoms with van der Waals surface area (Å²) in [6.45, 7) is 0. The predicted molar refractivity (Wildman–Crippen MR) is 104 cm³/mol. The second-order valence-electron chi connectivity index (χ2n) is 5.93. The summed E-state index contributed by atoms with van der Waals surface area (Å²) in [5.74, 6) is 2.00. The molecule has 0 aliphatic heterocycles. The van der Waals surface area contributed by atoms with Gasteiger partial charge < -0.3 is 9.84 Å². The number of rotatable bonds is 4. The predicted octanol–water partition coefficient (Wildman–Crippen LogP) is 4.59. The molecule has 0 fully saturated rings. The van der Waals surface area contributed by atoms with Crippen molar-refractivity contribution in [3.05, 3.63) is 79.1 Å². The Bertz CT molecular complexity index is 1080. The lowest BCUT2D eigenvalue weighted by Crippen LogP contribution is -1.97. The van der Waals surface area contributed by atoms with Crippen LogP contribution in [0.25, 0.3) is 33.9 Å². The topological polar surface area (TPSA) is 68.1 Å². The maximum Gasteiger partial charge on any atom is 0.164 e. The van der Waals surface area contributed by atoms with Gasteiger partial charge in [0.15, 0.2) is 11.6 Å². The minimum absolute atomic E-state index is 0.185. The van der Waals surface area contributed by atoms with Crippen molar-refractivity contribution in [3.63, 3.8) is 0 Å². The van der Waals surface area contributed by atoms with Crippen LogP contribution < -0.4 is 4.74 Å². The van der Waals surface area contributed by atoms with Crippen molar-refractivity contribution in [2.45, 2.75) is 0 Å². The molecule has 0 aliphatic carbocycles. The molecule has 0 saturated heterocycles. The van der Waals surface area contributed by atoms with Crippen molar-refractivity contribution in [2.75, 3.05) is 7.11 Å². The quantitative estimate of drug-likeness (QED) is 0.580. The fraction of sp³-hybridized carbons (Fsp3) is 0.0455. The first-order valence-electron chi connectivity index (χ1n) is 8.47. The Hall–Kier alpha value is -3.73. The summed E-state index contributed by atoms with van der Waals surface area (Å²) < 4.78 is 5.37. The first kappa shape index (κ1) is 16.7. The zero-order valence-corrected chi connectivity index (χ0v) is 14.7. The lowest BCUT2D eigenvalue weighted by Gasteiger charge is -2.12. The van der Waals surface area contributed by atoms with Crippen LogP contribution in [0, 0.1) is 0 Å². The lowest BCUT2D eigenvalue weighted by molar-refractivity contribution is 0.415. The molecule has 4 aromatic rings. The monoisotopic (exact) mass is 355 g/mol. The summed E-state index contributed by atoms with van der Waals surface area (Å²) in [6.07, 6.45) is 1.50. The summed E-state index contributed by atoms with van der Waals surface area (Å²) in [7, 11) is 1.61. The van der Waals surface area contributed by atoms with Crippen LogP contribution in [0.3, 0.4) is 0 Å². The molecule has 132 valence electrons. The second kappa shape index (κ2) is 7.25. The number of benzene rings is 3. The van der Waals surface area contributed by atoms with Gasteiger partial charge in [0.25, 0.3) is 0 Å². The van der Waals surface area contributed by atoms with Gasteiger partial charge in [-0.25, -0.2) is 15.0 Å². The molecule has 3 aromatic carbocycles. The van der Waals surface area contributed by atoms with Gasteiger partial charge in [-0.15, -0.1) is 0 Å². The Morgan fingerprint density at radius 1 is 0.741 bits per heavy atom. The van der Waals surface area contributed by atoms with Gasteiger partial charge in [-0.1, -0.05) is 48.5 Å².